The highest BCUT2D eigenvalue weighted by Crippen LogP contribution is 2.25. The van der Waals surface area contributed by atoms with Crippen molar-refractivity contribution in [3.8, 4) is 0 Å². The molecule has 0 aliphatic carbocycles. The van der Waals surface area contributed by atoms with E-state index in [4.69, 9.17) is 0 Å². The summed E-state index contributed by atoms with van der Waals surface area (Å²) in [5.74, 6) is -2.15. The topological polar surface area (TPSA) is 82.0 Å². The van der Waals surface area contributed by atoms with Crippen LogP contribution in [0.15, 0.2) is 39.8 Å². The largest absolute Gasteiger partial charge is 0.465 e. The lowest BCUT2D eigenvalue weighted by Crippen LogP contribution is -2.23. The summed E-state index contributed by atoms with van der Waals surface area (Å²) >= 11 is 3.09. The van der Waals surface area contributed by atoms with Gasteiger partial charge in [-0.3, -0.25) is 4.79 Å². The van der Waals surface area contributed by atoms with Crippen LogP contribution in [0.5, 0.6) is 0 Å². The molecule has 1 rings (SSSR count). The number of ketones is 1. The number of ether oxygens (including phenoxy) is 2. The second-order valence-corrected chi connectivity index (χ2v) is 4.82. The fourth-order valence-electron chi connectivity index (χ4n) is 1.50. The van der Waals surface area contributed by atoms with Gasteiger partial charge in [0.1, 0.15) is 4.48 Å². The molecule has 0 aliphatic rings. The Kier molecular flexibility index (Phi) is 6.65. The Bertz CT molecular complexity index is 649. The quantitative estimate of drug-likeness (QED) is 0.344. The van der Waals surface area contributed by atoms with Crippen molar-refractivity contribution in [3.63, 3.8) is 0 Å². The van der Waals surface area contributed by atoms with Crippen molar-refractivity contribution in [2.45, 2.75) is 6.92 Å². The van der Waals surface area contributed by atoms with Gasteiger partial charge >= 0.3 is 11.9 Å². The summed E-state index contributed by atoms with van der Waals surface area (Å²) in [4.78, 5) is 39.0. The number of hydrogen-bond donors (Lipinski definition) is 0. The molecule has 0 radical (unpaired) electrons. The summed E-state index contributed by atoms with van der Waals surface area (Å²) in [6.45, 7) is 1.18. The van der Waals surface area contributed by atoms with Gasteiger partial charge < -0.3 is 9.47 Å². The maximum atomic E-state index is 11.7. The minimum atomic E-state index is -0.883. The number of methoxy groups -OCH3 is 2. The third-order valence-corrected chi connectivity index (χ3v) is 3.25. The molecule has 0 heterocycles. The van der Waals surface area contributed by atoms with Crippen molar-refractivity contribution in [1.82, 2.24) is 0 Å². The van der Waals surface area contributed by atoms with E-state index >= 15 is 0 Å². The maximum Gasteiger partial charge on any atom is 0.360 e. The number of benzene rings is 1. The summed E-state index contributed by atoms with van der Waals surface area (Å²) in [5.41, 5.74) is 0.215. The average molecular weight is 368 g/mol. The molecule has 0 atom stereocenters. The molecule has 0 amide bonds. The molecule has 1 aromatic carbocycles. The SMILES string of the molecule is COC(=O)C(=N/C(=C(/Br)C(=O)OC)c1ccccc1)C(C)=O. The van der Waals surface area contributed by atoms with Crippen LogP contribution < -0.4 is 0 Å². The molecule has 22 heavy (non-hydrogen) atoms. The first-order chi connectivity index (χ1) is 10.4. The molecule has 0 N–H and O–H groups in total. The van der Waals surface area contributed by atoms with Gasteiger partial charge in [0.2, 0.25) is 0 Å². The summed E-state index contributed by atoms with van der Waals surface area (Å²) in [5, 5.41) is 0. The monoisotopic (exact) mass is 367 g/mol. The summed E-state index contributed by atoms with van der Waals surface area (Å²) in [7, 11) is 2.35. The van der Waals surface area contributed by atoms with Gasteiger partial charge in [0.05, 0.1) is 19.9 Å². The van der Waals surface area contributed by atoms with Gasteiger partial charge in [0.15, 0.2) is 11.5 Å². The van der Waals surface area contributed by atoms with Crippen LogP contribution in [0, 0.1) is 0 Å². The zero-order valence-electron chi connectivity index (χ0n) is 12.3. The van der Waals surface area contributed by atoms with Gasteiger partial charge in [-0.1, -0.05) is 30.3 Å². The Morgan fingerprint density at radius 2 is 1.55 bits per heavy atom. The summed E-state index contributed by atoms with van der Waals surface area (Å²) in [6.07, 6.45) is 0. The van der Waals surface area contributed by atoms with Crippen LogP contribution in [0.4, 0.5) is 0 Å². The molecule has 0 aromatic heterocycles. The van der Waals surface area contributed by atoms with E-state index in [0.29, 0.717) is 5.56 Å². The smallest absolute Gasteiger partial charge is 0.360 e. The zero-order valence-corrected chi connectivity index (χ0v) is 13.8. The van der Waals surface area contributed by atoms with Crippen LogP contribution in [0.25, 0.3) is 5.70 Å². The number of rotatable bonds is 5. The van der Waals surface area contributed by atoms with Crippen LogP contribution in [0.2, 0.25) is 0 Å². The van der Waals surface area contributed by atoms with E-state index < -0.39 is 23.4 Å². The number of esters is 2. The Hall–Kier alpha value is -2.28. The number of carbonyl (C=O) groups is 3. The lowest BCUT2D eigenvalue weighted by Gasteiger charge is -2.08. The number of nitrogens with zero attached hydrogens (tertiary/aromatic N) is 1. The highest BCUT2D eigenvalue weighted by Gasteiger charge is 2.21. The van der Waals surface area contributed by atoms with E-state index in [1.54, 1.807) is 30.3 Å². The number of hydrogen-bond acceptors (Lipinski definition) is 6. The Labute approximate surface area is 136 Å². The highest BCUT2D eigenvalue weighted by molar-refractivity contribution is 9.12. The van der Waals surface area contributed by atoms with Gasteiger partial charge in [-0.25, -0.2) is 14.6 Å². The molecule has 1 aromatic rings. The molecule has 0 bridgehead atoms. The minimum absolute atomic E-state index is 0.0103. The van der Waals surface area contributed by atoms with Crippen molar-refractivity contribution < 1.29 is 23.9 Å². The molecule has 7 heteroatoms. The summed E-state index contributed by atoms with van der Waals surface area (Å²) < 4.78 is 9.15. The van der Waals surface area contributed by atoms with E-state index in [1.165, 1.54) is 14.0 Å². The molecule has 0 saturated heterocycles. The van der Waals surface area contributed by atoms with E-state index in [2.05, 4.69) is 30.4 Å². The van der Waals surface area contributed by atoms with Crippen molar-refractivity contribution in [1.29, 1.82) is 0 Å². The van der Waals surface area contributed by atoms with Gasteiger partial charge in [-0.05, 0) is 15.9 Å². The fourth-order valence-corrected chi connectivity index (χ4v) is 1.98. The van der Waals surface area contributed by atoms with E-state index in [-0.39, 0.29) is 10.2 Å². The molecule has 0 fully saturated rings. The Morgan fingerprint density at radius 3 is 2.00 bits per heavy atom. The second-order valence-electron chi connectivity index (χ2n) is 4.03. The molecule has 0 spiro atoms. The van der Waals surface area contributed by atoms with Crippen molar-refractivity contribution in [2.75, 3.05) is 14.2 Å². The number of carbonyl (C=O) groups excluding carboxylic acids is 3. The van der Waals surface area contributed by atoms with Crippen molar-refractivity contribution >= 4 is 45.1 Å². The predicted molar refractivity (Wildman–Crippen MR) is 84.4 cm³/mol. The van der Waals surface area contributed by atoms with Crippen LogP contribution in [-0.4, -0.2) is 37.7 Å². The van der Waals surface area contributed by atoms with Crippen LogP contribution in [0.1, 0.15) is 12.5 Å². The molecule has 0 unspecified atom stereocenters. The van der Waals surface area contributed by atoms with Crippen LogP contribution in [-0.2, 0) is 23.9 Å². The summed E-state index contributed by atoms with van der Waals surface area (Å²) in [6, 6.07) is 8.60. The zero-order chi connectivity index (χ0) is 16.7. The van der Waals surface area contributed by atoms with Crippen molar-refractivity contribution in [2.24, 2.45) is 4.99 Å². The van der Waals surface area contributed by atoms with Gasteiger partial charge in [0, 0.05) is 12.5 Å². The first-order valence-electron chi connectivity index (χ1n) is 6.13. The average Bonchev–Trinajstić information content (AvgIpc) is 2.54. The van der Waals surface area contributed by atoms with E-state index in [9.17, 15) is 14.4 Å². The maximum absolute atomic E-state index is 11.7. The van der Waals surface area contributed by atoms with E-state index in [0.717, 1.165) is 7.11 Å². The van der Waals surface area contributed by atoms with E-state index in [1.807, 2.05) is 0 Å². The molecular weight excluding hydrogens is 354 g/mol. The Balaban J connectivity index is 3.55. The number of halogens is 1. The lowest BCUT2D eigenvalue weighted by molar-refractivity contribution is -0.135. The second kappa shape index (κ2) is 8.23. The number of Topliss-reactive ketones (excluding diaryl/α,β-unsaturated/α-hetero) is 1. The first kappa shape index (κ1) is 17.8. The third-order valence-electron chi connectivity index (χ3n) is 2.56. The van der Waals surface area contributed by atoms with Gasteiger partial charge in [0.25, 0.3) is 0 Å². The molecule has 0 saturated carbocycles. The minimum Gasteiger partial charge on any atom is -0.465 e. The standard InChI is InChI=1S/C15H14BrNO5/c1-9(18)12(15(20)22-3)17-13(11(16)14(19)21-2)10-7-5-4-6-8-10/h4-8H,1-3H3/b13-11+,17-12?. The highest BCUT2D eigenvalue weighted by atomic mass is 79.9. The van der Waals surface area contributed by atoms with Gasteiger partial charge in [-0.2, -0.15) is 0 Å². The Morgan fingerprint density at radius 1 is 1.00 bits per heavy atom. The molecule has 6 nitrogen and oxygen atoms in total. The molecule has 116 valence electrons. The van der Waals surface area contributed by atoms with Crippen LogP contribution >= 0.6 is 15.9 Å². The first-order valence-corrected chi connectivity index (χ1v) is 6.93. The third kappa shape index (κ3) is 4.36. The fraction of sp³-hybridized carbons (Fsp3) is 0.200. The van der Waals surface area contributed by atoms with Gasteiger partial charge in [-0.15, -0.1) is 0 Å². The molecular formula is C15H14BrNO5. The lowest BCUT2D eigenvalue weighted by atomic mass is 10.1. The molecule has 0 aliphatic heterocycles. The predicted octanol–water partition coefficient (Wildman–Crippen LogP) is 2.13. The van der Waals surface area contributed by atoms with Crippen LogP contribution in [0.3, 0.4) is 0 Å². The van der Waals surface area contributed by atoms with Crippen molar-refractivity contribution in [3.05, 3.63) is 40.4 Å². The normalized spacial score (nSPS) is 12.3. The number of aliphatic imine (C=N–C) groups is 1.